The van der Waals surface area contributed by atoms with E-state index in [-0.39, 0.29) is 0 Å². The summed E-state index contributed by atoms with van der Waals surface area (Å²) in [6, 6.07) is 11.3. The van der Waals surface area contributed by atoms with Crippen LogP contribution >= 0.6 is 11.6 Å². The van der Waals surface area contributed by atoms with Crippen LogP contribution in [0.3, 0.4) is 0 Å². The lowest BCUT2D eigenvalue weighted by atomic mass is 10.0. The monoisotopic (exact) mass is 311 g/mol. The van der Waals surface area contributed by atoms with Crippen molar-refractivity contribution in [3.05, 3.63) is 64.3 Å². The van der Waals surface area contributed by atoms with Crippen LogP contribution in [0.25, 0.3) is 11.1 Å². The molecular weight excluding hydrogens is 298 g/mol. The molecule has 0 radical (unpaired) electrons. The zero-order chi connectivity index (χ0) is 15.7. The van der Waals surface area contributed by atoms with Crippen molar-refractivity contribution in [2.75, 3.05) is 0 Å². The quantitative estimate of drug-likeness (QED) is 0.723. The molecule has 4 nitrogen and oxygen atoms in total. The third kappa shape index (κ3) is 2.51. The molecule has 2 heterocycles. The normalized spacial score (nSPS) is 10.6. The van der Waals surface area contributed by atoms with Crippen LogP contribution in [0.4, 0.5) is 0 Å². The van der Waals surface area contributed by atoms with Crippen molar-refractivity contribution in [1.29, 1.82) is 5.26 Å². The highest BCUT2D eigenvalue weighted by atomic mass is 35.5. The molecule has 3 aromatic rings. The molecule has 0 N–H and O–H groups in total. The van der Waals surface area contributed by atoms with Crippen LogP contribution in [-0.2, 0) is 6.54 Å². The number of nitriles is 1. The van der Waals surface area contributed by atoms with Gasteiger partial charge in [0.05, 0.1) is 29.1 Å². The summed E-state index contributed by atoms with van der Waals surface area (Å²) in [4.78, 5) is 0. The molecule has 22 heavy (non-hydrogen) atoms. The van der Waals surface area contributed by atoms with E-state index in [0.717, 1.165) is 28.3 Å². The van der Waals surface area contributed by atoms with Crippen LogP contribution < -0.4 is 0 Å². The van der Waals surface area contributed by atoms with Gasteiger partial charge in [0, 0.05) is 11.3 Å². The van der Waals surface area contributed by atoms with E-state index in [4.69, 9.17) is 21.3 Å². The highest BCUT2D eigenvalue weighted by Crippen LogP contribution is 2.30. The minimum Gasteiger partial charge on any atom is -0.467 e. The van der Waals surface area contributed by atoms with E-state index in [0.29, 0.717) is 17.1 Å². The highest BCUT2D eigenvalue weighted by molar-refractivity contribution is 6.32. The Balaban J connectivity index is 2.03. The van der Waals surface area contributed by atoms with Crippen LogP contribution in [-0.4, -0.2) is 9.78 Å². The first-order valence-electron chi connectivity index (χ1n) is 6.86. The van der Waals surface area contributed by atoms with Crippen molar-refractivity contribution >= 4 is 11.6 Å². The molecule has 5 heteroatoms. The van der Waals surface area contributed by atoms with Crippen molar-refractivity contribution in [3.8, 4) is 17.2 Å². The number of halogens is 1. The van der Waals surface area contributed by atoms with E-state index < -0.39 is 0 Å². The number of furan rings is 1. The number of hydrogen-bond donors (Lipinski definition) is 0. The first kappa shape index (κ1) is 14.4. The Morgan fingerprint density at radius 3 is 2.77 bits per heavy atom. The molecule has 110 valence electrons. The second kappa shape index (κ2) is 5.70. The van der Waals surface area contributed by atoms with Crippen molar-refractivity contribution in [2.45, 2.75) is 20.4 Å². The molecule has 2 aromatic heterocycles. The Bertz CT molecular complexity index is 857. The molecule has 3 rings (SSSR count). The van der Waals surface area contributed by atoms with E-state index in [1.165, 1.54) is 0 Å². The topological polar surface area (TPSA) is 54.8 Å². The van der Waals surface area contributed by atoms with Crippen LogP contribution in [0.5, 0.6) is 0 Å². The first-order valence-corrected chi connectivity index (χ1v) is 7.24. The Kier molecular flexibility index (Phi) is 3.74. The average Bonchev–Trinajstić information content (AvgIpc) is 3.08. The van der Waals surface area contributed by atoms with Crippen LogP contribution in [0.1, 0.15) is 22.7 Å². The maximum Gasteiger partial charge on any atom is 0.125 e. The van der Waals surface area contributed by atoms with Gasteiger partial charge in [0.1, 0.15) is 11.8 Å². The third-order valence-electron chi connectivity index (χ3n) is 3.65. The second-order valence-corrected chi connectivity index (χ2v) is 5.50. The van der Waals surface area contributed by atoms with Crippen molar-refractivity contribution < 1.29 is 4.42 Å². The fourth-order valence-corrected chi connectivity index (χ4v) is 2.80. The predicted octanol–water partition coefficient (Wildman–Crippen LogP) is 4.33. The molecular formula is C17H14ClN3O. The lowest BCUT2D eigenvalue weighted by Gasteiger charge is -2.05. The second-order valence-electron chi connectivity index (χ2n) is 5.09. The molecule has 0 aliphatic carbocycles. The van der Waals surface area contributed by atoms with Crippen molar-refractivity contribution in [3.63, 3.8) is 0 Å². The number of nitrogens with zero attached hydrogens (tertiary/aromatic N) is 3. The van der Waals surface area contributed by atoms with E-state index in [1.807, 2.05) is 42.8 Å². The molecule has 1 aromatic carbocycles. The van der Waals surface area contributed by atoms with Gasteiger partial charge in [-0.05, 0) is 43.7 Å². The van der Waals surface area contributed by atoms with Gasteiger partial charge >= 0.3 is 0 Å². The Morgan fingerprint density at radius 1 is 1.32 bits per heavy atom. The zero-order valence-corrected chi connectivity index (χ0v) is 13.1. The lowest BCUT2D eigenvalue weighted by molar-refractivity contribution is 0.476. The summed E-state index contributed by atoms with van der Waals surface area (Å²) in [5.41, 5.74) is 4.44. The number of benzene rings is 1. The maximum absolute atomic E-state index is 8.98. The van der Waals surface area contributed by atoms with Gasteiger partial charge in [-0.25, -0.2) is 0 Å². The van der Waals surface area contributed by atoms with Gasteiger partial charge in [-0.3, -0.25) is 4.68 Å². The molecule has 0 aliphatic rings. The van der Waals surface area contributed by atoms with E-state index >= 15 is 0 Å². The van der Waals surface area contributed by atoms with Crippen LogP contribution in [0.15, 0.2) is 41.0 Å². The minimum absolute atomic E-state index is 0.456. The maximum atomic E-state index is 8.98. The summed E-state index contributed by atoms with van der Waals surface area (Å²) >= 11 is 6.14. The molecule has 0 amide bonds. The largest absolute Gasteiger partial charge is 0.467 e. The van der Waals surface area contributed by atoms with Crippen molar-refractivity contribution in [1.82, 2.24) is 9.78 Å². The number of rotatable bonds is 3. The number of aryl methyl sites for hydroxylation is 1. The smallest absolute Gasteiger partial charge is 0.125 e. The molecule has 0 aliphatic heterocycles. The third-order valence-corrected chi connectivity index (χ3v) is 3.96. The first-order chi connectivity index (χ1) is 10.6. The summed E-state index contributed by atoms with van der Waals surface area (Å²) < 4.78 is 7.29. The summed E-state index contributed by atoms with van der Waals surface area (Å²) in [6.07, 6.45) is 1.66. The average molecular weight is 312 g/mol. The fraction of sp³-hybridized carbons (Fsp3) is 0.176. The summed E-state index contributed by atoms with van der Waals surface area (Å²) in [6.45, 7) is 4.57. The lowest BCUT2D eigenvalue weighted by Crippen LogP contribution is -2.03. The molecule has 0 spiro atoms. The SMILES string of the molecule is Cc1nn(Cc2ccco2)c(C)c1-c1ccc(C#N)c(Cl)c1. The molecule has 0 fully saturated rings. The van der Waals surface area contributed by atoms with Gasteiger partial charge < -0.3 is 4.42 Å². The minimum atomic E-state index is 0.456. The number of aromatic nitrogens is 2. The summed E-state index contributed by atoms with van der Waals surface area (Å²) in [7, 11) is 0. The van der Waals surface area contributed by atoms with Gasteiger partial charge in [-0.1, -0.05) is 17.7 Å². The molecule has 0 saturated carbocycles. The Morgan fingerprint density at radius 2 is 2.14 bits per heavy atom. The van der Waals surface area contributed by atoms with E-state index in [2.05, 4.69) is 11.2 Å². The molecule has 0 unspecified atom stereocenters. The molecule has 0 saturated heterocycles. The van der Waals surface area contributed by atoms with Gasteiger partial charge in [-0.15, -0.1) is 0 Å². The van der Waals surface area contributed by atoms with E-state index in [1.54, 1.807) is 12.3 Å². The van der Waals surface area contributed by atoms with E-state index in [9.17, 15) is 0 Å². The van der Waals surface area contributed by atoms with Crippen molar-refractivity contribution in [2.24, 2.45) is 0 Å². The summed E-state index contributed by atoms with van der Waals surface area (Å²) in [5, 5.41) is 14.0. The predicted molar refractivity (Wildman–Crippen MR) is 84.7 cm³/mol. The van der Waals surface area contributed by atoms with Crippen LogP contribution in [0, 0.1) is 25.2 Å². The van der Waals surface area contributed by atoms with Gasteiger partial charge in [0.25, 0.3) is 0 Å². The zero-order valence-electron chi connectivity index (χ0n) is 12.3. The van der Waals surface area contributed by atoms with Gasteiger partial charge in [0.15, 0.2) is 0 Å². The Labute approximate surface area is 133 Å². The van der Waals surface area contributed by atoms with Crippen LogP contribution in [0.2, 0.25) is 5.02 Å². The Hall–Kier alpha value is -2.51. The standard InChI is InChI=1S/C17H14ClN3O/c1-11-17(13-5-6-14(9-19)16(18)8-13)12(2)21(20-11)10-15-4-3-7-22-15/h3-8H,10H2,1-2H3. The van der Waals surface area contributed by atoms with Gasteiger partial charge in [-0.2, -0.15) is 10.4 Å². The highest BCUT2D eigenvalue weighted by Gasteiger charge is 2.15. The van der Waals surface area contributed by atoms with Gasteiger partial charge in [0.2, 0.25) is 0 Å². The molecule has 0 bridgehead atoms. The fourth-order valence-electron chi connectivity index (χ4n) is 2.58. The number of hydrogen-bond acceptors (Lipinski definition) is 3. The summed E-state index contributed by atoms with van der Waals surface area (Å²) in [5.74, 6) is 0.856. The molecule has 0 atom stereocenters.